The predicted octanol–water partition coefficient (Wildman–Crippen LogP) is 3.76. The van der Waals surface area contributed by atoms with Crippen LogP contribution in [-0.2, 0) is 17.7 Å². The van der Waals surface area contributed by atoms with Gasteiger partial charge in [0.1, 0.15) is 0 Å². The average molecular weight is 460 g/mol. The van der Waals surface area contributed by atoms with E-state index >= 15 is 0 Å². The number of hydrogen-bond donors (Lipinski definition) is 1. The zero-order valence-corrected chi connectivity index (χ0v) is 16.4. The second-order valence-corrected chi connectivity index (χ2v) is 7.56. The van der Waals surface area contributed by atoms with Crippen molar-refractivity contribution >= 4 is 45.4 Å². The van der Waals surface area contributed by atoms with Crippen LogP contribution in [0, 0.1) is 3.57 Å². The summed E-state index contributed by atoms with van der Waals surface area (Å²) in [5.74, 6) is -0.324. The van der Waals surface area contributed by atoms with E-state index in [-0.39, 0.29) is 11.9 Å². The Kier molecular flexibility index (Phi) is 4.44. The Hall–Kier alpha value is -2.35. The summed E-state index contributed by atoms with van der Waals surface area (Å²) in [6, 6.07) is 13.1. The number of esters is 1. The maximum Gasteiger partial charge on any atom is 0.337 e. The summed E-state index contributed by atoms with van der Waals surface area (Å²) in [5, 5.41) is 0.975. The second-order valence-electron chi connectivity index (χ2n) is 6.32. The van der Waals surface area contributed by atoms with E-state index in [9.17, 15) is 9.59 Å². The maximum atomic E-state index is 12.8. The predicted molar refractivity (Wildman–Crippen MR) is 107 cm³/mol. The SMILES string of the molecule is COC(=O)c1ccc2[nH]c3c(c2c1)CN(C(=O)c1ccc(I)cc1)CC3. The van der Waals surface area contributed by atoms with Crippen LogP contribution in [0.5, 0.6) is 0 Å². The summed E-state index contributed by atoms with van der Waals surface area (Å²) in [6.07, 6.45) is 0.772. The lowest BCUT2D eigenvalue weighted by Gasteiger charge is -2.27. The molecule has 0 spiro atoms. The van der Waals surface area contributed by atoms with Crippen LogP contribution in [0.2, 0.25) is 0 Å². The van der Waals surface area contributed by atoms with Gasteiger partial charge < -0.3 is 14.6 Å². The van der Waals surface area contributed by atoms with Crippen molar-refractivity contribution in [2.24, 2.45) is 0 Å². The minimum Gasteiger partial charge on any atom is -0.465 e. The van der Waals surface area contributed by atoms with Gasteiger partial charge in [0.25, 0.3) is 5.91 Å². The summed E-state index contributed by atoms with van der Waals surface area (Å²) in [5.41, 5.74) is 4.41. The molecule has 1 amide bonds. The fraction of sp³-hybridized carbons (Fsp3) is 0.200. The Labute approximate surface area is 164 Å². The molecule has 0 bridgehead atoms. The third kappa shape index (κ3) is 2.98. The van der Waals surface area contributed by atoms with Gasteiger partial charge in [-0.25, -0.2) is 4.79 Å². The van der Waals surface area contributed by atoms with Crippen molar-refractivity contribution in [1.29, 1.82) is 0 Å². The lowest BCUT2D eigenvalue weighted by atomic mass is 10.0. The highest BCUT2D eigenvalue weighted by atomic mass is 127. The zero-order chi connectivity index (χ0) is 18.3. The van der Waals surface area contributed by atoms with Crippen LogP contribution in [-0.4, -0.2) is 35.4 Å². The number of fused-ring (bicyclic) bond motifs is 3. The number of methoxy groups -OCH3 is 1. The molecule has 0 saturated carbocycles. The maximum absolute atomic E-state index is 12.8. The molecular weight excluding hydrogens is 443 g/mol. The number of carbonyl (C=O) groups excluding carboxylic acids is 2. The molecule has 0 atom stereocenters. The molecule has 1 aromatic heterocycles. The minimum absolute atomic E-state index is 0.0329. The van der Waals surface area contributed by atoms with E-state index in [1.807, 2.05) is 41.3 Å². The molecule has 0 aliphatic carbocycles. The van der Waals surface area contributed by atoms with Crippen molar-refractivity contribution in [3.63, 3.8) is 0 Å². The van der Waals surface area contributed by atoms with E-state index in [0.717, 1.165) is 32.2 Å². The number of nitrogens with zero attached hydrogens (tertiary/aromatic N) is 1. The molecule has 4 rings (SSSR count). The van der Waals surface area contributed by atoms with Crippen LogP contribution in [0.3, 0.4) is 0 Å². The van der Waals surface area contributed by atoms with E-state index in [0.29, 0.717) is 24.2 Å². The van der Waals surface area contributed by atoms with Crippen LogP contribution in [0.25, 0.3) is 10.9 Å². The Morgan fingerprint density at radius 3 is 2.58 bits per heavy atom. The van der Waals surface area contributed by atoms with Crippen molar-refractivity contribution < 1.29 is 14.3 Å². The fourth-order valence-corrected chi connectivity index (χ4v) is 3.77. The van der Waals surface area contributed by atoms with Crippen molar-refractivity contribution in [2.75, 3.05) is 13.7 Å². The number of hydrogen-bond acceptors (Lipinski definition) is 3. The molecule has 1 aliphatic rings. The molecule has 1 N–H and O–H groups in total. The van der Waals surface area contributed by atoms with Gasteiger partial charge in [-0.2, -0.15) is 0 Å². The highest BCUT2D eigenvalue weighted by Crippen LogP contribution is 2.29. The number of halogens is 1. The van der Waals surface area contributed by atoms with Crippen LogP contribution in [0.1, 0.15) is 32.0 Å². The molecule has 2 aromatic carbocycles. The van der Waals surface area contributed by atoms with Crippen LogP contribution in [0.15, 0.2) is 42.5 Å². The van der Waals surface area contributed by atoms with E-state index in [1.54, 1.807) is 6.07 Å². The van der Waals surface area contributed by atoms with Gasteiger partial charge in [-0.15, -0.1) is 0 Å². The molecule has 132 valence electrons. The third-order valence-electron chi connectivity index (χ3n) is 4.77. The van der Waals surface area contributed by atoms with Gasteiger partial charge in [-0.1, -0.05) is 0 Å². The third-order valence-corrected chi connectivity index (χ3v) is 5.49. The molecule has 6 heteroatoms. The lowest BCUT2D eigenvalue weighted by molar-refractivity contribution is 0.0600. The van der Waals surface area contributed by atoms with Crippen LogP contribution < -0.4 is 0 Å². The van der Waals surface area contributed by atoms with E-state index in [2.05, 4.69) is 27.6 Å². The molecule has 0 radical (unpaired) electrons. The first kappa shape index (κ1) is 17.1. The lowest BCUT2D eigenvalue weighted by Crippen LogP contribution is -2.35. The van der Waals surface area contributed by atoms with Crippen molar-refractivity contribution in [2.45, 2.75) is 13.0 Å². The summed E-state index contributed by atoms with van der Waals surface area (Å²) in [7, 11) is 1.38. The van der Waals surface area contributed by atoms with E-state index in [1.165, 1.54) is 7.11 Å². The standard InChI is InChI=1S/C20H17IN2O3/c1-26-20(25)13-4-7-17-15(10-13)16-11-23(9-8-18(16)22-17)19(24)12-2-5-14(21)6-3-12/h2-7,10,22H,8-9,11H2,1H3. The average Bonchev–Trinajstić information content (AvgIpc) is 3.04. The molecule has 2 heterocycles. The molecule has 0 fully saturated rings. The molecular formula is C20H17IN2O3. The number of carbonyl (C=O) groups is 2. The number of H-pyrrole nitrogens is 1. The van der Waals surface area contributed by atoms with Gasteiger partial charge in [-0.3, -0.25) is 4.79 Å². The minimum atomic E-state index is -0.357. The molecule has 0 saturated heterocycles. The number of aromatic nitrogens is 1. The summed E-state index contributed by atoms with van der Waals surface area (Å²) < 4.78 is 5.92. The fourth-order valence-electron chi connectivity index (χ4n) is 3.41. The summed E-state index contributed by atoms with van der Waals surface area (Å²) in [4.78, 5) is 30.0. The topological polar surface area (TPSA) is 62.4 Å². The second kappa shape index (κ2) is 6.75. The van der Waals surface area contributed by atoms with Crippen LogP contribution in [0.4, 0.5) is 0 Å². The van der Waals surface area contributed by atoms with Gasteiger partial charge in [0, 0.05) is 50.8 Å². The van der Waals surface area contributed by atoms with Crippen LogP contribution >= 0.6 is 22.6 Å². The van der Waals surface area contributed by atoms with Gasteiger partial charge in [0.2, 0.25) is 0 Å². The summed E-state index contributed by atoms with van der Waals surface area (Å²) >= 11 is 2.23. The normalized spacial score (nSPS) is 13.5. The molecule has 26 heavy (non-hydrogen) atoms. The number of ether oxygens (including phenoxy) is 1. The van der Waals surface area contributed by atoms with Crippen molar-refractivity contribution in [3.05, 3.63) is 68.4 Å². The molecule has 3 aromatic rings. The van der Waals surface area contributed by atoms with Gasteiger partial charge in [0.15, 0.2) is 0 Å². The first-order valence-electron chi connectivity index (χ1n) is 8.33. The van der Waals surface area contributed by atoms with Gasteiger partial charge in [-0.05, 0) is 65.1 Å². The summed E-state index contributed by atoms with van der Waals surface area (Å²) in [6.45, 7) is 1.21. The highest BCUT2D eigenvalue weighted by molar-refractivity contribution is 14.1. The van der Waals surface area contributed by atoms with Crippen molar-refractivity contribution in [3.8, 4) is 0 Å². The highest BCUT2D eigenvalue weighted by Gasteiger charge is 2.25. The number of amides is 1. The Balaban J connectivity index is 1.67. The Morgan fingerprint density at radius 2 is 1.85 bits per heavy atom. The first-order chi connectivity index (χ1) is 12.6. The zero-order valence-electron chi connectivity index (χ0n) is 14.2. The smallest absolute Gasteiger partial charge is 0.337 e. The molecule has 1 aliphatic heterocycles. The molecule has 5 nitrogen and oxygen atoms in total. The number of aromatic amines is 1. The quantitative estimate of drug-likeness (QED) is 0.468. The Bertz CT molecular complexity index is 1010. The van der Waals surface area contributed by atoms with Gasteiger partial charge in [0.05, 0.1) is 12.7 Å². The monoisotopic (exact) mass is 460 g/mol. The number of rotatable bonds is 2. The first-order valence-corrected chi connectivity index (χ1v) is 9.41. The van der Waals surface area contributed by atoms with E-state index in [4.69, 9.17) is 4.74 Å². The van der Waals surface area contributed by atoms with Crippen molar-refractivity contribution in [1.82, 2.24) is 9.88 Å². The Morgan fingerprint density at radius 1 is 1.12 bits per heavy atom. The van der Waals surface area contributed by atoms with E-state index < -0.39 is 0 Å². The van der Waals surface area contributed by atoms with Gasteiger partial charge >= 0.3 is 5.97 Å². The number of nitrogens with one attached hydrogen (secondary N) is 1. The molecule has 0 unspecified atom stereocenters. The number of benzene rings is 2. The largest absolute Gasteiger partial charge is 0.465 e.